The van der Waals surface area contributed by atoms with Crippen LogP contribution >= 0.6 is 0 Å². The lowest BCUT2D eigenvalue weighted by Gasteiger charge is -2.27. The summed E-state index contributed by atoms with van der Waals surface area (Å²) >= 11 is 0. The van der Waals surface area contributed by atoms with E-state index in [2.05, 4.69) is 15.3 Å². The van der Waals surface area contributed by atoms with Gasteiger partial charge in [0, 0.05) is 31.9 Å². The number of likely N-dealkylation sites (tertiary alicyclic amines) is 1. The molecule has 1 atom stereocenters. The molecule has 130 valence electrons. The van der Waals surface area contributed by atoms with E-state index in [0.29, 0.717) is 13.0 Å². The van der Waals surface area contributed by atoms with Crippen LogP contribution in [0.3, 0.4) is 0 Å². The molecule has 0 aliphatic carbocycles. The van der Waals surface area contributed by atoms with Gasteiger partial charge in [-0.25, -0.2) is 4.98 Å². The monoisotopic (exact) mass is 338 g/mol. The second kappa shape index (κ2) is 8.37. The Hall–Kier alpha value is -2.76. The van der Waals surface area contributed by atoms with Crippen LogP contribution in [0.2, 0.25) is 0 Å². The van der Waals surface area contributed by atoms with Gasteiger partial charge in [-0.3, -0.25) is 14.6 Å². The third kappa shape index (κ3) is 4.62. The number of rotatable bonds is 5. The van der Waals surface area contributed by atoms with Crippen LogP contribution in [0.1, 0.15) is 47.8 Å². The lowest BCUT2D eigenvalue weighted by atomic mass is 10.1. The Labute approximate surface area is 147 Å². The van der Waals surface area contributed by atoms with E-state index in [9.17, 15) is 9.59 Å². The van der Waals surface area contributed by atoms with Gasteiger partial charge in [0.05, 0.1) is 12.2 Å². The first-order valence-electron chi connectivity index (χ1n) is 8.63. The molecule has 1 aromatic heterocycles. The first-order chi connectivity index (χ1) is 12.2. The van der Waals surface area contributed by atoms with Gasteiger partial charge in [0.15, 0.2) is 0 Å². The first kappa shape index (κ1) is 17.1. The lowest BCUT2D eigenvalue weighted by Crippen LogP contribution is -2.41. The van der Waals surface area contributed by atoms with Crippen molar-refractivity contribution in [1.82, 2.24) is 20.2 Å². The Morgan fingerprint density at radius 1 is 1.16 bits per heavy atom. The van der Waals surface area contributed by atoms with Gasteiger partial charge in [0.2, 0.25) is 5.91 Å². The summed E-state index contributed by atoms with van der Waals surface area (Å²) < 4.78 is 0. The molecule has 1 aromatic carbocycles. The van der Waals surface area contributed by atoms with Gasteiger partial charge in [-0.2, -0.15) is 0 Å². The van der Waals surface area contributed by atoms with E-state index in [1.165, 1.54) is 18.6 Å². The van der Waals surface area contributed by atoms with Gasteiger partial charge in [0.25, 0.3) is 5.91 Å². The Kier molecular flexibility index (Phi) is 5.72. The molecule has 2 amide bonds. The molecule has 0 radical (unpaired) electrons. The number of carbonyl (C=O) groups excluding carboxylic acids is 2. The molecule has 2 aromatic rings. The molecule has 2 heterocycles. The summed E-state index contributed by atoms with van der Waals surface area (Å²) in [6.07, 6.45) is 8.06. The molecule has 25 heavy (non-hydrogen) atoms. The number of amides is 2. The molecular formula is C19H22N4O2. The van der Waals surface area contributed by atoms with Crippen LogP contribution in [0, 0.1) is 0 Å². The highest BCUT2D eigenvalue weighted by Crippen LogP contribution is 2.18. The van der Waals surface area contributed by atoms with Crippen molar-refractivity contribution in [3.05, 3.63) is 60.2 Å². The number of nitrogens with one attached hydrogen (secondary N) is 1. The van der Waals surface area contributed by atoms with Crippen molar-refractivity contribution >= 4 is 11.8 Å². The average molecular weight is 338 g/mol. The van der Waals surface area contributed by atoms with Crippen molar-refractivity contribution in [1.29, 1.82) is 0 Å². The van der Waals surface area contributed by atoms with E-state index >= 15 is 0 Å². The molecule has 0 saturated carbocycles. The van der Waals surface area contributed by atoms with Crippen LogP contribution in [0.25, 0.3) is 0 Å². The van der Waals surface area contributed by atoms with Gasteiger partial charge in [-0.15, -0.1) is 0 Å². The molecule has 1 saturated heterocycles. The van der Waals surface area contributed by atoms with E-state index in [-0.39, 0.29) is 23.6 Å². The minimum atomic E-state index is -0.288. The second-order valence-electron chi connectivity index (χ2n) is 6.18. The number of carbonyl (C=O) groups is 2. The van der Waals surface area contributed by atoms with Gasteiger partial charge in [-0.05, 0) is 18.4 Å². The fourth-order valence-electron chi connectivity index (χ4n) is 3.02. The quantitative estimate of drug-likeness (QED) is 0.908. The predicted octanol–water partition coefficient (Wildman–Crippen LogP) is 2.35. The molecule has 1 aliphatic heterocycles. The molecule has 6 heteroatoms. The zero-order chi connectivity index (χ0) is 17.5. The molecule has 3 rings (SSSR count). The van der Waals surface area contributed by atoms with Crippen molar-refractivity contribution in [2.75, 3.05) is 13.1 Å². The Morgan fingerprint density at radius 3 is 2.76 bits per heavy atom. The van der Waals surface area contributed by atoms with E-state index < -0.39 is 0 Å². The van der Waals surface area contributed by atoms with Crippen LogP contribution in [0.4, 0.5) is 0 Å². The number of hydrogen-bond donors (Lipinski definition) is 1. The molecule has 6 nitrogen and oxygen atoms in total. The molecule has 1 unspecified atom stereocenters. The third-order valence-corrected chi connectivity index (χ3v) is 4.38. The van der Waals surface area contributed by atoms with Crippen LogP contribution in [-0.2, 0) is 4.79 Å². The Morgan fingerprint density at radius 2 is 2.00 bits per heavy atom. The maximum absolute atomic E-state index is 12.5. The highest BCUT2D eigenvalue weighted by atomic mass is 16.2. The van der Waals surface area contributed by atoms with Crippen LogP contribution in [0.15, 0.2) is 48.9 Å². The van der Waals surface area contributed by atoms with E-state index in [4.69, 9.17) is 0 Å². The zero-order valence-corrected chi connectivity index (χ0v) is 14.1. The molecular weight excluding hydrogens is 316 g/mol. The first-order valence-corrected chi connectivity index (χ1v) is 8.63. The van der Waals surface area contributed by atoms with Crippen molar-refractivity contribution in [3.63, 3.8) is 0 Å². The van der Waals surface area contributed by atoms with Crippen LogP contribution < -0.4 is 5.32 Å². The van der Waals surface area contributed by atoms with Gasteiger partial charge >= 0.3 is 0 Å². The standard InChI is InChI=1S/C19H22N4O2/c24-18-9-5-2-6-12-23(18)14-17(15-7-3-1-4-8-15)22-19(25)16-13-20-10-11-21-16/h1,3-4,7-8,10-11,13,17H,2,5-6,9,12,14H2,(H,22,25). The molecule has 1 N–H and O–H groups in total. The smallest absolute Gasteiger partial charge is 0.272 e. The Balaban J connectivity index is 1.78. The number of benzene rings is 1. The minimum Gasteiger partial charge on any atom is -0.342 e. The summed E-state index contributed by atoms with van der Waals surface area (Å²) in [6.45, 7) is 1.21. The molecule has 1 aliphatic rings. The highest BCUT2D eigenvalue weighted by molar-refractivity contribution is 5.92. The summed E-state index contributed by atoms with van der Waals surface area (Å²) in [7, 11) is 0. The summed E-state index contributed by atoms with van der Waals surface area (Å²) in [5.41, 5.74) is 1.24. The van der Waals surface area contributed by atoms with Crippen molar-refractivity contribution in [2.45, 2.75) is 31.7 Å². The molecule has 0 bridgehead atoms. The Bertz CT molecular complexity index is 706. The van der Waals surface area contributed by atoms with Crippen LogP contribution in [-0.4, -0.2) is 39.8 Å². The summed E-state index contributed by atoms with van der Waals surface area (Å²) in [6, 6.07) is 9.44. The molecule has 1 fully saturated rings. The maximum Gasteiger partial charge on any atom is 0.272 e. The fourth-order valence-corrected chi connectivity index (χ4v) is 3.02. The van der Waals surface area contributed by atoms with Gasteiger partial charge in [-0.1, -0.05) is 36.8 Å². The summed E-state index contributed by atoms with van der Waals surface area (Å²) in [4.78, 5) is 34.7. The number of aromatic nitrogens is 2. The minimum absolute atomic E-state index is 0.159. The average Bonchev–Trinajstić information content (AvgIpc) is 2.87. The van der Waals surface area contributed by atoms with E-state index in [0.717, 1.165) is 31.4 Å². The largest absolute Gasteiger partial charge is 0.342 e. The van der Waals surface area contributed by atoms with Crippen LogP contribution in [0.5, 0.6) is 0 Å². The summed E-state index contributed by atoms with van der Waals surface area (Å²) in [5.74, 6) is -0.128. The topological polar surface area (TPSA) is 75.2 Å². The third-order valence-electron chi connectivity index (χ3n) is 4.38. The van der Waals surface area contributed by atoms with E-state index in [1.807, 2.05) is 35.2 Å². The van der Waals surface area contributed by atoms with Crippen molar-refractivity contribution in [3.8, 4) is 0 Å². The highest BCUT2D eigenvalue weighted by Gasteiger charge is 2.23. The van der Waals surface area contributed by atoms with Crippen molar-refractivity contribution < 1.29 is 9.59 Å². The van der Waals surface area contributed by atoms with Gasteiger partial charge in [0.1, 0.15) is 5.69 Å². The second-order valence-corrected chi connectivity index (χ2v) is 6.18. The lowest BCUT2D eigenvalue weighted by molar-refractivity contribution is -0.131. The predicted molar refractivity (Wildman–Crippen MR) is 93.7 cm³/mol. The number of nitrogens with zero attached hydrogens (tertiary/aromatic N) is 3. The maximum atomic E-state index is 12.5. The SMILES string of the molecule is O=C(NC(CN1CCCCCC1=O)c1ccccc1)c1cnccn1. The van der Waals surface area contributed by atoms with Gasteiger partial charge < -0.3 is 10.2 Å². The zero-order valence-electron chi connectivity index (χ0n) is 14.1. The normalized spacial score (nSPS) is 16.2. The summed E-state index contributed by atoms with van der Waals surface area (Å²) in [5, 5.41) is 3.00. The number of hydrogen-bond acceptors (Lipinski definition) is 4. The molecule has 0 spiro atoms. The van der Waals surface area contributed by atoms with E-state index in [1.54, 1.807) is 0 Å². The fraction of sp³-hybridized carbons (Fsp3) is 0.368. The van der Waals surface area contributed by atoms with Crippen molar-refractivity contribution in [2.24, 2.45) is 0 Å².